The predicted octanol–water partition coefficient (Wildman–Crippen LogP) is 17.8. The molecule has 0 aliphatic rings. The highest BCUT2D eigenvalue weighted by atomic mass is 32.1. The van der Waals surface area contributed by atoms with Crippen LogP contribution in [0.5, 0.6) is 0 Å². The molecule has 0 radical (unpaired) electrons. The van der Waals surface area contributed by atoms with Gasteiger partial charge in [-0.05, 0) is 126 Å². The summed E-state index contributed by atoms with van der Waals surface area (Å²) < 4.78 is 4.94. The summed E-state index contributed by atoms with van der Waals surface area (Å²) in [6.45, 7) is 0. The van der Waals surface area contributed by atoms with Crippen molar-refractivity contribution in [2.75, 3.05) is 0 Å². The molecule has 15 aromatic rings. The highest BCUT2D eigenvalue weighted by molar-refractivity contribution is 7.25. The van der Waals surface area contributed by atoms with E-state index in [1.165, 1.54) is 41.7 Å². The van der Waals surface area contributed by atoms with E-state index < -0.39 is 0 Å². The summed E-state index contributed by atoms with van der Waals surface area (Å²) in [7, 11) is 0. The second kappa shape index (κ2) is 15.2. The second-order valence-corrected chi connectivity index (χ2v) is 19.4. The zero-order chi connectivity index (χ0) is 45.9. The summed E-state index contributed by atoms with van der Waals surface area (Å²) in [5.74, 6) is 1.88. The van der Waals surface area contributed by atoms with Crippen molar-refractivity contribution >= 4 is 107 Å². The highest BCUT2D eigenvalue weighted by Crippen LogP contribution is 2.44. The van der Waals surface area contributed by atoms with Crippen LogP contribution in [-0.2, 0) is 0 Å². The SMILES string of the molecule is c1ccc2cc3c(cc2c1)c1ccccc1n3-c1ccc(-c2nc(-c3c4ccccc4cc4ccccc34)nc(-c3c4ccccc4cc4ccccc34)n2)c(-c2ccc3c(c2)sc2ccccc23)c1. The lowest BCUT2D eigenvalue weighted by Crippen LogP contribution is -2.03. The summed E-state index contributed by atoms with van der Waals surface area (Å²) in [6.07, 6.45) is 0. The molecular formula is C65H38N4S. The van der Waals surface area contributed by atoms with Crippen molar-refractivity contribution in [3.8, 4) is 51.0 Å². The minimum atomic E-state index is 0.611. The summed E-state index contributed by atoms with van der Waals surface area (Å²) >= 11 is 1.84. The van der Waals surface area contributed by atoms with Gasteiger partial charge in [0, 0.05) is 53.3 Å². The summed E-state index contributed by atoms with van der Waals surface area (Å²) in [5.41, 5.74) is 8.42. The van der Waals surface area contributed by atoms with E-state index in [1.807, 2.05) is 11.3 Å². The quantitative estimate of drug-likeness (QED) is 0.162. The lowest BCUT2D eigenvalue weighted by atomic mass is 9.94. The number of para-hydroxylation sites is 1. The van der Waals surface area contributed by atoms with Crippen LogP contribution in [0.1, 0.15) is 0 Å². The van der Waals surface area contributed by atoms with Gasteiger partial charge in [0.15, 0.2) is 17.5 Å². The number of rotatable bonds is 5. The maximum absolute atomic E-state index is 5.64. The Morgan fingerprint density at radius 1 is 0.286 bits per heavy atom. The largest absolute Gasteiger partial charge is 0.309 e. The Morgan fingerprint density at radius 3 is 1.39 bits per heavy atom. The first-order valence-electron chi connectivity index (χ1n) is 23.7. The smallest absolute Gasteiger partial charge is 0.165 e. The molecule has 0 amide bonds. The Balaban J connectivity index is 1.06. The Morgan fingerprint density at radius 2 is 0.771 bits per heavy atom. The third kappa shape index (κ3) is 5.98. The van der Waals surface area contributed by atoms with Gasteiger partial charge in [-0.25, -0.2) is 15.0 Å². The molecule has 0 N–H and O–H groups in total. The zero-order valence-corrected chi connectivity index (χ0v) is 38.5. The molecule has 0 saturated heterocycles. The van der Waals surface area contributed by atoms with Crippen molar-refractivity contribution < 1.29 is 0 Å². The Labute approximate surface area is 406 Å². The fourth-order valence-corrected chi connectivity index (χ4v) is 12.3. The summed E-state index contributed by atoms with van der Waals surface area (Å²) in [4.78, 5) is 16.9. The van der Waals surface area contributed by atoms with Gasteiger partial charge in [0.1, 0.15) is 0 Å². The molecule has 4 nitrogen and oxygen atoms in total. The molecule has 15 rings (SSSR count). The van der Waals surface area contributed by atoms with E-state index in [2.05, 4.69) is 235 Å². The molecule has 0 unspecified atom stereocenters. The van der Waals surface area contributed by atoms with Crippen LogP contribution in [0.3, 0.4) is 0 Å². The fourth-order valence-electron chi connectivity index (χ4n) is 11.2. The molecule has 0 aliphatic carbocycles. The second-order valence-electron chi connectivity index (χ2n) is 18.3. The fraction of sp³-hybridized carbons (Fsp3) is 0. The van der Waals surface area contributed by atoms with Crippen LogP contribution in [0.25, 0.3) is 147 Å². The minimum absolute atomic E-state index is 0.611. The van der Waals surface area contributed by atoms with Crippen molar-refractivity contribution in [3.05, 3.63) is 231 Å². The van der Waals surface area contributed by atoms with E-state index in [0.29, 0.717) is 17.5 Å². The molecule has 12 aromatic carbocycles. The van der Waals surface area contributed by atoms with E-state index in [4.69, 9.17) is 15.0 Å². The van der Waals surface area contributed by atoms with Crippen LogP contribution < -0.4 is 0 Å². The van der Waals surface area contributed by atoms with Crippen LogP contribution in [0.15, 0.2) is 231 Å². The van der Waals surface area contributed by atoms with Gasteiger partial charge in [0.25, 0.3) is 0 Å². The van der Waals surface area contributed by atoms with Crippen molar-refractivity contribution in [1.82, 2.24) is 19.5 Å². The van der Waals surface area contributed by atoms with Gasteiger partial charge in [-0.3, -0.25) is 0 Å². The molecule has 0 aliphatic heterocycles. The average molecular weight is 907 g/mol. The number of thiophene rings is 1. The lowest BCUT2D eigenvalue weighted by Gasteiger charge is -2.17. The van der Waals surface area contributed by atoms with E-state index >= 15 is 0 Å². The van der Waals surface area contributed by atoms with Gasteiger partial charge < -0.3 is 4.57 Å². The van der Waals surface area contributed by atoms with E-state index in [-0.39, 0.29) is 0 Å². The Kier molecular flexibility index (Phi) is 8.49. The van der Waals surface area contributed by atoms with Crippen LogP contribution in [0.4, 0.5) is 0 Å². The number of aromatic nitrogens is 4. The van der Waals surface area contributed by atoms with Gasteiger partial charge in [0.2, 0.25) is 0 Å². The van der Waals surface area contributed by atoms with Crippen molar-refractivity contribution in [1.29, 1.82) is 0 Å². The maximum Gasteiger partial charge on any atom is 0.165 e. The third-order valence-electron chi connectivity index (χ3n) is 14.4. The van der Waals surface area contributed by atoms with Crippen molar-refractivity contribution in [3.63, 3.8) is 0 Å². The third-order valence-corrected chi connectivity index (χ3v) is 15.5. The van der Waals surface area contributed by atoms with E-state index in [9.17, 15) is 0 Å². The standard InChI is InChI=1S/C65H38N4S/c1-2-16-40-36-58-56(35-39(40)15-1)51-25-11-13-27-57(51)69(58)46-30-32-54(55(38-46)45-29-31-53-52-26-12-14-28-59(52)70-60(53)37-45)63-66-64(61-47-21-7-3-17-41(47)33-42-18-4-8-22-48(42)61)68-65(67-63)62-49-23-9-5-19-43(49)34-44-20-6-10-24-50(44)62/h1-38H. The first-order valence-corrected chi connectivity index (χ1v) is 24.6. The molecule has 3 heterocycles. The molecule has 0 atom stereocenters. The van der Waals surface area contributed by atoms with E-state index in [0.717, 1.165) is 87.6 Å². The number of fused-ring (bicyclic) bond motifs is 11. The summed E-state index contributed by atoms with van der Waals surface area (Å²) in [6, 6.07) is 83.6. The monoisotopic (exact) mass is 906 g/mol. The van der Waals surface area contributed by atoms with Gasteiger partial charge in [-0.1, -0.05) is 170 Å². The number of hydrogen-bond acceptors (Lipinski definition) is 4. The molecule has 0 fully saturated rings. The maximum atomic E-state index is 5.64. The Hall–Kier alpha value is -9.03. The molecule has 0 spiro atoms. The molecule has 0 bridgehead atoms. The molecule has 324 valence electrons. The van der Waals surface area contributed by atoms with E-state index in [1.54, 1.807) is 0 Å². The highest BCUT2D eigenvalue weighted by Gasteiger charge is 2.23. The van der Waals surface area contributed by atoms with Gasteiger partial charge in [-0.15, -0.1) is 11.3 Å². The van der Waals surface area contributed by atoms with Crippen molar-refractivity contribution in [2.45, 2.75) is 0 Å². The van der Waals surface area contributed by atoms with Gasteiger partial charge >= 0.3 is 0 Å². The molecule has 0 saturated carbocycles. The molecular weight excluding hydrogens is 869 g/mol. The van der Waals surface area contributed by atoms with Crippen LogP contribution in [0, 0.1) is 0 Å². The number of hydrogen-bond donors (Lipinski definition) is 0. The average Bonchev–Trinajstić information content (AvgIpc) is 3.95. The van der Waals surface area contributed by atoms with Gasteiger partial charge in [-0.2, -0.15) is 0 Å². The number of benzene rings is 12. The van der Waals surface area contributed by atoms with Crippen LogP contribution in [0.2, 0.25) is 0 Å². The van der Waals surface area contributed by atoms with Gasteiger partial charge in [0.05, 0.1) is 11.0 Å². The normalized spacial score (nSPS) is 12.0. The number of nitrogens with zero attached hydrogens (tertiary/aromatic N) is 4. The summed E-state index contributed by atoms with van der Waals surface area (Å²) in [5, 5.41) is 16.3. The minimum Gasteiger partial charge on any atom is -0.309 e. The molecule has 3 aromatic heterocycles. The van der Waals surface area contributed by atoms with Crippen LogP contribution >= 0.6 is 11.3 Å². The molecule has 5 heteroatoms. The van der Waals surface area contributed by atoms with Crippen LogP contribution in [-0.4, -0.2) is 19.5 Å². The predicted molar refractivity (Wildman–Crippen MR) is 296 cm³/mol. The lowest BCUT2D eigenvalue weighted by molar-refractivity contribution is 1.08. The molecule has 70 heavy (non-hydrogen) atoms. The zero-order valence-electron chi connectivity index (χ0n) is 37.6. The van der Waals surface area contributed by atoms with Crippen molar-refractivity contribution in [2.24, 2.45) is 0 Å². The topological polar surface area (TPSA) is 43.6 Å². The first kappa shape index (κ1) is 39.0. The Bertz CT molecular complexity index is 4430. The first-order chi connectivity index (χ1) is 34.7.